The fourth-order valence-electron chi connectivity index (χ4n) is 3.04. The number of hydrogen-bond acceptors (Lipinski definition) is 3. The van der Waals surface area contributed by atoms with Gasteiger partial charge in [-0.2, -0.15) is 0 Å². The number of benzene rings is 3. The van der Waals surface area contributed by atoms with Gasteiger partial charge in [0, 0.05) is 11.3 Å². The minimum absolute atomic E-state index is 0.251. The molecule has 1 aromatic heterocycles. The molecule has 3 aromatic carbocycles. The van der Waals surface area contributed by atoms with E-state index in [4.69, 9.17) is 16.0 Å². The molecule has 1 heterocycles. The van der Waals surface area contributed by atoms with Crippen LogP contribution in [0.25, 0.3) is 22.6 Å². The van der Waals surface area contributed by atoms with Gasteiger partial charge in [0.15, 0.2) is 5.58 Å². The Morgan fingerprint density at radius 3 is 2.50 bits per heavy atom. The van der Waals surface area contributed by atoms with Gasteiger partial charge >= 0.3 is 0 Å². The molecule has 1 N–H and O–H groups in total. The smallest absolute Gasteiger partial charge is 0.257 e. The number of fused-ring (bicyclic) bond motifs is 1. The number of nitrogens with zero attached hydrogens (tertiary/aromatic N) is 1. The topological polar surface area (TPSA) is 55.1 Å². The Labute approximate surface area is 168 Å². The summed E-state index contributed by atoms with van der Waals surface area (Å²) >= 11 is 6.23. The number of aromatic nitrogens is 1. The molecule has 0 unspecified atom stereocenters. The molecule has 0 saturated carbocycles. The molecule has 0 fully saturated rings. The molecule has 4 aromatic rings. The van der Waals surface area contributed by atoms with Crippen molar-refractivity contribution in [3.63, 3.8) is 0 Å². The standard InChI is InChI=1S/C23H19ClN2O2/c1-13-4-8-17(18(24)10-13)22(27)25-19-12-16(7-6-15(19)3)23-26-20-11-14(2)5-9-21(20)28-23/h4-12H,1-3H3,(H,25,27). The van der Waals surface area contributed by atoms with Crippen LogP contribution < -0.4 is 5.32 Å². The predicted molar refractivity (Wildman–Crippen MR) is 113 cm³/mol. The highest BCUT2D eigenvalue weighted by Gasteiger charge is 2.14. The van der Waals surface area contributed by atoms with Crippen LogP contribution in [-0.2, 0) is 0 Å². The van der Waals surface area contributed by atoms with Gasteiger partial charge in [-0.05, 0) is 73.9 Å². The molecule has 0 atom stereocenters. The van der Waals surface area contributed by atoms with Crippen LogP contribution in [0.1, 0.15) is 27.0 Å². The molecular weight excluding hydrogens is 372 g/mol. The third-order valence-electron chi connectivity index (χ3n) is 4.65. The largest absolute Gasteiger partial charge is 0.436 e. The highest BCUT2D eigenvalue weighted by molar-refractivity contribution is 6.34. The van der Waals surface area contributed by atoms with Crippen molar-refractivity contribution >= 4 is 34.3 Å². The second kappa shape index (κ2) is 7.13. The third-order valence-corrected chi connectivity index (χ3v) is 4.96. The van der Waals surface area contributed by atoms with Crippen molar-refractivity contribution in [1.82, 2.24) is 4.98 Å². The Hall–Kier alpha value is -3.11. The molecule has 140 valence electrons. The molecule has 1 amide bonds. The van der Waals surface area contributed by atoms with E-state index in [2.05, 4.69) is 10.3 Å². The minimum atomic E-state index is -0.251. The van der Waals surface area contributed by atoms with Crippen molar-refractivity contribution in [2.24, 2.45) is 0 Å². The summed E-state index contributed by atoms with van der Waals surface area (Å²) in [6, 6.07) is 17.0. The van der Waals surface area contributed by atoms with Crippen LogP contribution in [0.15, 0.2) is 59.0 Å². The highest BCUT2D eigenvalue weighted by Crippen LogP contribution is 2.29. The van der Waals surface area contributed by atoms with Gasteiger partial charge in [-0.3, -0.25) is 4.79 Å². The molecule has 0 aliphatic rings. The Bertz CT molecular complexity index is 1210. The second-order valence-corrected chi connectivity index (χ2v) is 7.36. The summed E-state index contributed by atoms with van der Waals surface area (Å²) < 4.78 is 5.88. The van der Waals surface area contributed by atoms with Crippen molar-refractivity contribution < 1.29 is 9.21 Å². The molecule has 0 aliphatic carbocycles. The van der Waals surface area contributed by atoms with Gasteiger partial charge in [0.2, 0.25) is 5.89 Å². The maximum atomic E-state index is 12.7. The zero-order chi connectivity index (χ0) is 19.8. The fraction of sp³-hybridized carbons (Fsp3) is 0.130. The van der Waals surface area contributed by atoms with E-state index in [0.29, 0.717) is 22.2 Å². The lowest BCUT2D eigenvalue weighted by molar-refractivity contribution is 0.102. The number of amides is 1. The molecule has 28 heavy (non-hydrogen) atoms. The number of hydrogen-bond donors (Lipinski definition) is 1. The third kappa shape index (κ3) is 3.51. The molecule has 0 aliphatic heterocycles. The normalized spacial score (nSPS) is 11.0. The van der Waals surface area contributed by atoms with E-state index in [1.165, 1.54) is 0 Å². The average Bonchev–Trinajstić information content (AvgIpc) is 3.06. The van der Waals surface area contributed by atoms with Gasteiger partial charge in [-0.15, -0.1) is 0 Å². The summed E-state index contributed by atoms with van der Waals surface area (Å²) in [5.41, 5.74) is 6.54. The number of oxazole rings is 1. The first kappa shape index (κ1) is 18.3. The zero-order valence-electron chi connectivity index (χ0n) is 15.8. The Morgan fingerprint density at radius 1 is 0.964 bits per heavy atom. The second-order valence-electron chi connectivity index (χ2n) is 6.96. The molecule has 4 rings (SSSR count). The quantitative estimate of drug-likeness (QED) is 0.445. The highest BCUT2D eigenvalue weighted by atomic mass is 35.5. The molecule has 5 heteroatoms. The molecule has 0 bridgehead atoms. The zero-order valence-corrected chi connectivity index (χ0v) is 16.6. The molecule has 0 saturated heterocycles. The number of carbonyl (C=O) groups excluding carboxylic acids is 1. The van der Waals surface area contributed by atoms with E-state index in [0.717, 1.165) is 33.4 Å². The molecular formula is C23H19ClN2O2. The van der Waals surface area contributed by atoms with E-state index in [1.54, 1.807) is 12.1 Å². The maximum Gasteiger partial charge on any atom is 0.257 e. The van der Waals surface area contributed by atoms with E-state index in [1.807, 2.05) is 63.2 Å². The number of rotatable bonds is 3. The SMILES string of the molecule is Cc1ccc(C(=O)Nc2cc(-c3nc4cc(C)ccc4o3)ccc2C)c(Cl)c1. The number of anilines is 1. The van der Waals surface area contributed by atoms with Gasteiger partial charge in [0.1, 0.15) is 5.52 Å². The Kier molecular flexibility index (Phi) is 4.65. The van der Waals surface area contributed by atoms with Crippen molar-refractivity contribution in [1.29, 1.82) is 0 Å². The number of carbonyl (C=O) groups is 1. The van der Waals surface area contributed by atoms with E-state index in [-0.39, 0.29) is 5.91 Å². The average molecular weight is 391 g/mol. The van der Waals surface area contributed by atoms with Crippen LogP contribution in [0.2, 0.25) is 5.02 Å². The first-order valence-electron chi connectivity index (χ1n) is 8.96. The van der Waals surface area contributed by atoms with Crippen LogP contribution in [-0.4, -0.2) is 10.9 Å². The van der Waals surface area contributed by atoms with Crippen molar-refractivity contribution in [3.8, 4) is 11.5 Å². The van der Waals surface area contributed by atoms with Crippen LogP contribution in [0.4, 0.5) is 5.69 Å². The number of halogens is 1. The number of nitrogens with one attached hydrogen (secondary N) is 1. The maximum absolute atomic E-state index is 12.7. The van der Waals surface area contributed by atoms with Crippen molar-refractivity contribution in [2.75, 3.05) is 5.32 Å². The van der Waals surface area contributed by atoms with Gasteiger partial charge in [0.25, 0.3) is 5.91 Å². The summed E-state index contributed by atoms with van der Waals surface area (Å²) in [6.07, 6.45) is 0. The summed E-state index contributed by atoms with van der Waals surface area (Å²) in [4.78, 5) is 17.3. The van der Waals surface area contributed by atoms with E-state index < -0.39 is 0 Å². The van der Waals surface area contributed by atoms with Gasteiger partial charge < -0.3 is 9.73 Å². The van der Waals surface area contributed by atoms with Crippen LogP contribution in [0.5, 0.6) is 0 Å². The lowest BCUT2D eigenvalue weighted by Crippen LogP contribution is -2.13. The lowest BCUT2D eigenvalue weighted by Gasteiger charge is -2.11. The van der Waals surface area contributed by atoms with Crippen molar-refractivity contribution in [3.05, 3.63) is 81.9 Å². The summed E-state index contributed by atoms with van der Waals surface area (Å²) in [5, 5.41) is 3.38. The summed E-state index contributed by atoms with van der Waals surface area (Å²) in [5.74, 6) is 0.267. The fourth-order valence-corrected chi connectivity index (χ4v) is 3.37. The molecule has 0 radical (unpaired) electrons. The van der Waals surface area contributed by atoms with Crippen molar-refractivity contribution in [2.45, 2.75) is 20.8 Å². The minimum Gasteiger partial charge on any atom is -0.436 e. The lowest BCUT2D eigenvalue weighted by atomic mass is 10.1. The first-order valence-corrected chi connectivity index (χ1v) is 9.34. The first-order chi connectivity index (χ1) is 13.4. The van der Waals surface area contributed by atoms with Gasteiger partial charge in [0.05, 0.1) is 10.6 Å². The summed E-state index contributed by atoms with van der Waals surface area (Å²) in [7, 11) is 0. The summed E-state index contributed by atoms with van der Waals surface area (Å²) in [6.45, 7) is 5.89. The predicted octanol–water partition coefficient (Wildman–Crippen LogP) is 6.33. The number of aryl methyl sites for hydroxylation is 3. The van der Waals surface area contributed by atoms with E-state index in [9.17, 15) is 4.79 Å². The molecule has 4 nitrogen and oxygen atoms in total. The monoisotopic (exact) mass is 390 g/mol. The van der Waals surface area contributed by atoms with Gasteiger partial charge in [-0.25, -0.2) is 4.98 Å². The van der Waals surface area contributed by atoms with E-state index >= 15 is 0 Å². The van der Waals surface area contributed by atoms with Crippen LogP contribution in [0, 0.1) is 20.8 Å². The van der Waals surface area contributed by atoms with Crippen LogP contribution in [0.3, 0.4) is 0 Å². The van der Waals surface area contributed by atoms with Gasteiger partial charge in [-0.1, -0.05) is 29.8 Å². The van der Waals surface area contributed by atoms with Crippen LogP contribution >= 0.6 is 11.6 Å². The Morgan fingerprint density at radius 2 is 1.71 bits per heavy atom. The molecule has 0 spiro atoms. The Balaban J connectivity index is 1.67.